The van der Waals surface area contributed by atoms with Crippen molar-refractivity contribution >= 4 is 0 Å². The van der Waals surface area contributed by atoms with Crippen LogP contribution in [0.25, 0.3) is 0 Å². The van der Waals surface area contributed by atoms with Crippen molar-refractivity contribution in [3.8, 4) is 0 Å². The monoisotopic (exact) mass is 248 g/mol. The predicted molar refractivity (Wildman–Crippen MR) is 67.1 cm³/mol. The number of dihydropyridines is 1. The lowest BCUT2D eigenvalue weighted by Crippen LogP contribution is -2.51. The summed E-state index contributed by atoms with van der Waals surface area (Å²) in [5.74, 6) is 0.688. The van der Waals surface area contributed by atoms with E-state index in [2.05, 4.69) is 18.3 Å². The second kappa shape index (κ2) is 4.24. The van der Waals surface area contributed by atoms with E-state index in [0.717, 1.165) is 10.3 Å². The molecule has 1 saturated heterocycles. The summed E-state index contributed by atoms with van der Waals surface area (Å²) in [5.41, 5.74) is 2.43. The van der Waals surface area contributed by atoms with Gasteiger partial charge in [0.25, 0.3) is 0 Å². The van der Waals surface area contributed by atoms with E-state index in [9.17, 15) is 4.91 Å². The van der Waals surface area contributed by atoms with Crippen LogP contribution in [0.2, 0.25) is 0 Å². The van der Waals surface area contributed by atoms with Gasteiger partial charge < -0.3 is 5.32 Å². The molecule has 0 aromatic rings. The number of nitrogens with one attached hydrogen (secondary N) is 1. The quantitative estimate of drug-likeness (QED) is 0.707. The first-order valence-corrected chi connectivity index (χ1v) is 6.28. The van der Waals surface area contributed by atoms with E-state index in [4.69, 9.17) is 4.84 Å². The third kappa shape index (κ3) is 1.66. The van der Waals surface area contributed by atoms with Crippen LogP contribution in [0.5, 0.6) is 0 Å². The molecule has 0 radical (unpaired) electrons. The smallest absolute Gasteiger partial charge is 0.215 e. The highest BCUT2D eigenvalue weighted by atomic mass is 16.7. The van der Waals surface area contributed by atoms with Crippen LogP contribution in [0.15, 0.2) is 35.7 Å². The second-order valence-electron chi connectivity index (χ2n) is 5.12. The Morgan fingerprint density at radius 1 is 1.56 bits per heavy atom. The number of allylic oxidation sites excluding steroid dienone is 2. The van der Waals surface area contributed by atoms with Crippen LogP contribution in [-0.4, -0.2) is 36.2 Å². The molecule has 0 aromatic heterocycles. The number of nitrogens with zero attached hydrogens (tertiary/aromatic N) is 2. The first kappa shape index (κ1) is 11.5. The zero-order valence-corrected chi connectivity index (χ0v) is 10.7. The van der Waals surface area contributed by atoms with Gasteiger partial charge in [0.1, 0.15) is 6.17 Å². The van der Waals surface area contributed by atoms with Crippen molar-refractivity contribution in [3.05, 3.63) is 40.6 Å². The van der Waals surface area contributed by atoms with Crippen LogP contribution in [0.3, 0.4) is 0 Å². The van der Waals surface area contributed by atoms with E-state index < -0.39 is 0 Å². The highest BCUT2D eigenvalue weighted by molar-refractivity contribution is 5.35. The molecule has 1 fully saturated rings. The highest BCUT2D eigenvalue weighted by Crippen LogP contribution is 2.39. The van der Waals surface area contributed by atoms with Crippen molar-refractivity contribution in [1.82, 2.24) is 10.4 Å². The molecule has 5 nitrogen and oxygen atoms in total. The fourth-order valence-corrected chi connectivity index (χ4v) is 3.21. The number of piperidine rings is 1. The van der Waals surface area contributed by atoms with Crippen molar-refractivity contribution in [2.24, 2.45) is 11.8 Å². The Bertz CT molecular complexity index is 467. The molecule has 0 aromatic carbocycles. The van der Waals surface area contributed by atoms with Crippen molar-refractivity contribution in [1.29, 1.82) is 0 Å². The molecule has 0 spiro atoms. The fraction of sp³-hybridized carbons (Fsp3) is 0.538. The summed E-state index contributed by atoms with van der Waals surface area (Å²) in [6, 6.07) is 0. The number of fused-ring (bicyclic) bond motifs is 3. The highest BCUT2D eigenvalue weighted by Gasteiger charge is 2.44. The third-order valence-electron chi connectivity index (χ3n) is 3.89. The number of nitroso groups, excluding NO2 is 1. The van der Waals surface area contributed by atoms with Crippen molar-refractivity contribution in [2.45, 2.75) is 13.1 Å². The van der Waals surface area contributed by atoms with Gasteiger partial charge in [-0.2, -0.15) is 0 Å². The zero-order valence-electron chi connectivity index (χ0n) is 10.7. The first-order chi connectivity index (χ1) is 8.70. The molecule has 18 heavy (non-hydrogen) atoms. The lowest BCUT2D eigenvalue weighted by Gasteiger charge is -2.42. The van der Waals surface area contributed by atoms with Crippen LogP contribution in [0, 0.1) is 16.7 Å². The van der Waals surface area contributed by atoms with E-state index in [0.29, 0.717) is 24.9 Å². The summed E-state index contributed by atoms with van der Waals surface area (Å²) < 4.78 is 1.13. The maximum absolute atomic E-state index is 11.7. The van der Waals surface area contributed by atoms with Gasteiger partial charge in [0.05, 0.1) is 7.11 Å². The molecule has 5 heteroatoms. The zero-order chi connectivity index (χ0) is 12.7. The molecular weight excluding hydrogens is 230 g/mol. The molecule has 3 unspecified atom stereocenters. The SMILES string of the molecule is CON1C=C2C[N+](=O)CC(C)C2C2=CC=CNC21. The molecule has 3 aliphatic heterocycles. The molecule has 0 aliphatic carbocycles. The van der Waals surface area contributed by atoms with Crippen molar-refractivity contribution < 1.29 is 9.60 Å². The molecular formula is C13H18N3O2+. The van der Waals surface area contributed by atoms with Gasteiger partial charge in [0.15, 0.2) is 6.54 Å². The largest absolute Gasteiger partial charge is 0.366 e. The van der Waals surface area contributed by atoms with Crippen LogP contribution < -0.4 is 5.32 Å². The van der Waals surface area contributed by atoms with Crippen LogP contribution in [0.1, 0.15) is 6.92 Å². The molecule has 3 atom stereocenters. The van der Waals surface area contributed by atoms with Gasteiger partial charge in [-0.1, -0.05) is 13.0 Å². The summed E-state index contributed by atoms with van der Waals surface area (Å²) in [6.07, 6.45) is 8.10. The van der Waals surface area contributed by atoms with Gasteiger partial charge in [-0.25, -0.2) is 5.06 Å². The minimum Gasteiger partial charge on any atom is -0.366 e. The summed E-state index contributed by atoms with van der Waals surface area (Å²) in [6.45, 7) is 3.21. The number of rotatable bonds is 1. The van der Waals surface area contributed by atoms with Gasteiger partial charge in [0, 0.05) is 33.3 Å². The topological polar surface area (TPSA) is 44.6 Å². The number of hydrogen-bond donors (Lipinski definition) is 1. The lowest BCUT2D eigenvalue weighted by molar-refractivity contribution is -0.557. The van der Waals surface area contributed by atoms with Gasteiger partial charge >= 0.3 is 0 Å². The summed E-state index contributed by atoms with van der Waals surface area (Å²) in [5, 5.41) is 5.09. The maximum atomic E-state index is 11.7. The summed E-state index contributed by atoms with van der Waals surface area (Å²) >= 11 is 0. The number of hydrogen-bond acceptors (Lipinski definition) is 4. The average Bonchev–Trinajstić information content (AvgIpc) is 2.36. The van der Waals surface area contributed by atoms with E-state index in [-0.39, 0.29) is 6.17 Å². The van der Waals surface area contributed by atoms with Gasteiger partial charge in [-0.05, 0) is 17.8 Å². The molecule has 0 saturated carbocycles. The third-order valence-corrected chi connectivity index (χ3v) is 3.89. The van der Waals surface area contributed by atoms with Crippen molar-refractivity contribution in [2.75, 3.05) is 20.2 Å². The number of hydroxylamine groups is 2. The van der Waals surface area contributed by atoms with Crippen LogP contribution >= 0.6 is 0 Å². The molecule has 1 N–H and O–H groups in total. The fourth-order valence-electron chi connectivity index (χ4n) is 3.21. The summed E-state index contributed by atoms with van der Waals surface area (Å²) in [7, 11) is 1.65. The average molecular weight is 248 g/mol. The van der Waals surface area contributed by atoms with Crippen molar-refractivity contribution in [3.63, 3.8) is 0 Å². The van der Waals surface area contributed by atoms with E-state index >= 15 is 0 Å². The Morgan fingerprint density at radius 2 is 2.39 bits per heavy atom. The first-order valence-electron chi connectivity index (χ1n) is 6.28. The Labute approximate surface area is 106 Å². The Kier molecular flexibility index (Phi) is 2.70. The summed E-state index contributed by atoms with van der Waals surface area (Å²) in [4.78, 5) is 17.0. The van der Waals surface area contributed by atoms with Crippen LogP contribution in [-0.2, 0) is 4.84 Å². The molecule has 3 heterocycles. The predicted octanol–water partition coefficient (Wildman–Crippen LogP) is 1.16. The molecule has 0 bridgehead atoms. The van der Waals surface area contributed by atoms with E-state index in [1.165, 1.54) is 5.57 Å². The lowest BCUT2D eigenvalue weighted by atomic mass is 9.75. The standard InChI is InChI=1S/C13H18N3O2/c1-9-6-15(17)7-10-8-16(18-2)13-11(12(9)10)4-3-5-14-13/h3-5,8-9,12-14H,6-7H2,1-2H3/q+1. The Hall–Kier alpha value is -1.62. The minimum absolute atomic E-state index is 0.0504. The van der Waals surface area contributed by atoms with E-state index in [1.54, 1.807) is 12.2 Å². The van der Waals surface area contributed by atoms with E-state index in [1.807, 2.05) is 18.5 Å². The molecule has 3 rings (SSSR count). The Balaban J connectivity index is 2.03. The molecule has 0 amide bonds. The normalized spacial score (nSPS) is 34.2. The second-order valence-corrected chi connectivity index (χ2v) is 5.12. The van der Waals surface area contributed by atoms with Gasteiger partial charge in [0.2, 0.25) is 6.54 Å². The van der Waals surface area contributed by atoms with Gasteiger partial charge in [-0.15, -0.1) is 0 Å². The Morgan fingerprint density at radius 3 is 3.17 bits per heavy atom. The molecule has 3 aliphatic rings. The maximum Gasteiger partial charge on any atom is 0.215 e. The van der Waals surface area contributed by atoms with Crippen LogP contribution in [0.4, 0.5) is 0 Å². The molecule has 96 valence electrons. The van der Waals surface area contributed by atoms with Gasteiger partial charge in [-0.3, -0.25) is 4.84 Å². The minimum atomic E-state index is 0.0504.